The van der Waals surface area contributed by atoms with Crippen LogP contribution in [0.3, 0.4) is 0 Å². The fourth-order valence-corrected chi connectivity index (χ4v) is 1.18. The number of aliphatic hydroxyl groups excluding tert-OH is 1. The Balaban J connectivity index is 2.83. The van der Waals surface area contributed by atoms with E-state index in [1.54, 1.807) is 26.0 Å². The summed E-state index contributed by atoms with van der Waals surface area (Å²) < 4.78 is 5.20. The van der Waals surface area contributed by atoms with Crippen LogP contribution >= 0.6 is 0 Å². The number of nitrogens with zero attached hydrogens (tertiary/aromatic N) is 1. The molecule has 0 aliphatic rings. The Bertz CT molecular complexity index is 388. The van der Waals surface area contributed by atoms with Gasteiger partial charge in [-0.15, -0.1) is 0 Å². The van der Waals surface area contributed by atoms with Gasteiger partial charge < -0.3 is 20.2 Å². The van der Waals surface area contributed by atoms with Crippen LogP contribution in [0.25, 0.3) is 0 Å². The van der Waals surface area contributed by atoms with Crippen molar-refractivity contribution >= 4 is 5.71 Å². The Morgan fingerprint density at radius 2 is 2.19 bits per heavy atom. The third kappa shape index (κ3) is 3.13. The third-order valence-corrected chi connectivity index (χ3v) is 2.00. The van der Waals surface area contributed by atoms with Crippen LogP contribution < -0.4 is 4.74 Å². The van der Waals surface area contributed by atoms with Gasteiger partial charge in [-0.1, -0.05) is 5.16 Å². The van der Waals surface area contributed by atoms with Crippen LogP contribution in [0.1, 0.15) is 19.4 Å². The van der Waals surface area contributed by atoms with E-state index in [1.807, 2.05) is 0 Å². The summed E-state index contributed by atoms with van der Waals surface area (Å²) in [5, 5.41) is 30.2. The van der Waals surface area contributed by atoms with Crippen LogP contribution in [0.2, 0.25) is 0 Å². The zero-order valence-corrected chi connectivity index (χ0v) is 9.21. The summed E-state index contributed by atoms with van der Waals surface area (Å²) in [6.07, 6.45) is -0.567. The van der Waals surface area contributed by atoms with Crippen LogP contribution in [-0.2, 0) is 0 Å². The highest BCUT2D eigenvalue weighted by molar-refractivity contribution is 6.00. The second-order valence-corrected chi connectivity index (χ2v) is 3.52. The van der Waals surface area contributed by atoms with E-state index in [-0.39, 0.29) is 12.4 Å². The van der Waals surface area contributed by atoms with E-state index in [4.69, 9.17) is 15.1 Å². The Kier molecular flexibility index (Phi) is 4.13. The average Bonchev–Trinajstić information content (AvgIpc) is 2.25. The van der Waals surface area contributed by atoms with Gasteiger partial charge in [0.15, 0.2) is 0 Å². The Morgan fingerprint density at radius 1 is 1.50 bits per heavy atom. The predicted octanol–water partition coefficient (Wildman–Crippen LogP) is 1.35. The molecule has 0 saturated carbocycles. The molecule has 3 N–H and O–H groups in total. The molecule has 1 rings (SSSR count). The average molecular weight is 225 g/mol. The number of hydrogen-bond donors (Lipinski definition) is 3. The normalized spacial score (nSPS) is 13.6. The van der Waals surface area contributed by atoms with Gasteiger partial charge in [-0.25, -0.2) is 0 Å². The van der Waals surface area contributed by atoms with Gasteiger partial charge in [-0.2, -0.15) is 0 Å². The van der Waals surface area contributed by atoms with Crippen molar-refractivity contribution in [3.05, 3.63) is 23.8 Å². The molecule has 0 spiro atoms. The topological polar surface area (TPSA) is 82.3 Å². The summed E-state index contributed by atoms with van der Waals surface area (Å²) in [6, 6.07) is 4.63. The SMILES string of the molecule is C/C(=N\O)c1ccc(OCC(C)O)cc1O. The molecule has 88 valence electrons. The standard InChI is InChI=1S/C11H15NO4/c1-7(13)6-16-9-3-4-10(8(2)12-15)11(14)5-9/h3-5,7,13-15H,6H2,1-2H3/b12-8+. The number of aromatic hydroxyl groups is 1. The summed E-state index contributed by atoms with van der Waals surface area (Å²) in [4.78, 5) is 0. The number of hydrogen-bond acceptors (Lipinski definition) is 5. The zero-order valence-electron chi connectivity index (χ0n) is 9.21. The molecule has 1 aromatic carbocycles. The maximum Gasteiger partial charge on any atom is 0.128 e. The molecule has 0 aliphatic carbocycles. The van der Waals surface area contributed by atoms with Crippen molar-refractivity contribution in [3.63, 3.8) is 0 Å². The maximum atomic E-state index is 9.62. The molecule has 5 heteroatoms. The first kappa shape index (κ1) is 12.3. The van der Waals surface area contributed by atoms with Crippen LogP contribution in [0.4, 0.5) is 0 Å². The lowest BCUT2D eigenvalue weighted by atomic mass is 10.1. The fourth-order valence-electron chi connectivity index (χ4n) is 1.18. The second-order valence-electron chi connectivity index (χ2n) is 3.52. The molecular formula is C11H15NO4. The van der Waals surface area contributed by atoms with E-state index >= 15 is 0 Å². The molecule has 1 atom stereocenters. The van der Waals surface area contributed by atoms with Gasteiger partial charge >= 0.3 is 0 Å². The molecule has 1 aromatic rings. The number of ether oxygens (including phenoxy) is 1. The number of oxime groups is 1. The van der Waals surface area contributed by atoms with Crippen molar-refractivity contribution in [1.82, 2.24) is 0 Å². The van der Waals surface area contributed by atoms with Gasteiger partial charge in [-0.05, 0) is 26.0 Å². The minimum Gasteiger partial charge on any atom is -0.507 e. The van der Waals surface area contributed by atoms with Crippen LogP contribution in [0.15, 0.2) is 23.4 Å². The van der Waals surface area contributed by atoms with Gasteiger partial charge in [0.25, 0.3) is 0 Å². The van der Waals surface area contributed by atoms with Gasteiger partial charge in [0.2, 0.25) is 0 Å². The van der Waals surface area contributed by atoms with Crippen molar-refractivity contribution in [2.75, 3.05) is 6.61 Å². The van der Waals surface area contributed by atoms with Crippen LogP contribution in [0.5, 0.6) is 11.5 Å². The first-order valence-corrected chi connectivity index (χ1v) is 4.87. The third-order valence-electron chi connectivity index (χ3n) is 2.00. The molecule has 0 bridgehead atoms. The minimum absolute atomic E-state index is 0.0293. The second kappa shape index (κ2) is 5.37. The van der Waals surface area contributed by atoms with Crippen LogP contribution in [-0.4, -0.2) is 33.8 Å². The summed E-state index contributed by atoms with van der Waals surface area (Å²) in [6.45, 7) is 3.34. The molecular weight excluding hydrogens is 210 g/mol. The molecule has 5 nitrogen and oxygen atoms in total. The number of phenolic OH excluding ortho intramolecular Hbond substituents is 1. The molecule has 16 heavy (non-hydrogen) atoms. The lowest BCUT2D eigenvalue weighted by molar-refractivity contribution is 0.122. The number of aliphatic hydroxyl groups is 1. The van der Waals surface area contributed by atoms with Gasteiger partial charge in [-0.3, -0.25) is 0 Å². The lowest BCUT2D eigenvalue weighted by Gasteiger charge is -2.09. The molecule has 0 aromatic heterocycles. The monoisotopic (exact) mass is 225 g/mol. The maximum absolute atomic E-state index is 9.62. The highest BCUT2D eigenvalue weighted by Gasteiger charge is 2.07. The summed E-state index contributed by atoms with van der Waals surface area (Å²) in [7, 11) is 0. The molecule has 0 amide bonds. The smallest absolute Gasteiger partial charge is 0.128 e. The van der Waals surface area contributed by atoms with Gasteiger partial charge in [0.1, 0.15) is 18.1 Å². The molecule has 1 unspecified atom stereocenters. The predicted molar refractivity (Wildman–Crippen MR) is 59.3 cm³/mol. The number of benzene rings is 1. The van der Waals surface area contributed by atoms with Gasteiger partial charge in [0.05, 0.1) is 11.8 Å². The zero-order chi connectivity index (χ0) is 12.1. The first-order chi connectivity index (χ1) is 7.54. The number of rotatable bonds is 4. The molecule has 0 saturated heterocycles. The Morgan fingerprint density at radius 3 is 2.69 bits per heavy atom. The number of phenols is 1. The summed E-state index contributed by atoms with van der Waals surface area (Å²) >= 11 is 0. The largest absolute Gasteiger partial charge is 0.507 e. The highest BCUT2D eigenvalue weighted by atomic mass is 16.5. The molecule has 0 aliphatic heterocycles. The van der Waals surface area contributed by atoms with Crippen molar-refractivity contribution in [3.8, 4) is 11.5 Å². The van der Waals surface area contributed by atoms with E-state index in [0.717, 1.165) is 0 Å². The van der Waals surface area contributed by atoms with E-state index in [1.165, 1.54) is 6.07 Å². The van der Waals surface area contributed by atoms with E-state index in [9.17, 15) is 5.11 Å². The minimum atomic E-state index is -0.567. The summed E-state index contributed by atoms with van der Waals surface area (Å²) in [5.74, 6) is 0.422. The first-order valence-electron chi connectivity index (χ1n) is 4.87. The summed E-state index contributed by atoms with van der Waals surface area (Å²) in [5.41, 5.74) is 0.756. The lowest BCUT2D eigenvalue weighted by Crippen LogP contribution is -2.12. The van der Waals surface area contributed by atoms with Crippen LogP contribution in [0, 0.1) is 0 Å². The molecule has 0 heterocycles. The van der Waals surface area contributed by atoms with Gasteiger partial charge in [0, 0.05) is 11.6 Å². The molecule has 0 fully saturated rings. The van der Waals surface area contributed by atoms with E-state index in [2.05, 4.69) is 5.16 Å². The Hall–Kier alpha value is -1.75. The van der Waals surface area contributed by atoms with Crippen molar-refractivity contribution in [2.45, 2.75) is 20.0 Å². The van der Waals surface area contributed by atoms with E-state index in [0.29, 0.717) is 17.0 Å². The van der Waals surface area contributed by atoms with E-state index < -0.39 is 6.10 Å². The van der Waals surface area contributed by atoms with Crippen molar-refractivity contribution in [2.24, 2.45) is 5.16 Å². The fraction of sp³-hybridized carbons (Fsp3) is 0.364. The van der Waals surface area contributed by atoms with Crippen molar-refractivity contribution in [1.29, 1.82) is 0 Å². The molecule has 0 radical (unpaired) electrons. The highest BCUT2D eigenvalue weighted by Crippen LogP contribution is 2.24. The van der Waals surface area contributed by atoms with Crippen molar-refractivity contribution < 1.29 is 20.2 Å². The quantitative estimate of drug-likeness (QED) is 0.410. The Labute approximate surface area is 93.6 Å².